The van der Waals surface area contributed by atoms with Crippen molar-refractivity contribution in [1.82, 2.24) is 0 Å². The highest BCUT2D eigenvalue weighted by Crippen LogP contribution is 2.24. The number of nitrogens with two attached hydrogens (primary N) is 1. The summed E-state index contributed by atoms with van der Waals surface area (Å²) in [5.74, 6) is 0.126. The molecule has 0 heterocycles. The Morgan fingerprint density at radius 3 is 2.35 bits per heavy atom. The van der Waals surface area contributed by atoms with Gasteiger partial charge in [0.2, 0.25) is 0 Å². The molecule has 0 saturated carbocycles. The molecule has 3 N–H and O–H groups in total. The van der Waals surface area contributed by atoms with Crippen molar-refractivity contribution < 1.29 is 19.1 Å². The molecule has 0 aliphatic rings. The predicted molar refractivity (Wildman–Crippen MR) is 89.2 cm³/mol. The first-order chi connectivity index (χ1) is 10.8. The van der Waals surface area contributed by atoms with E-state index in [1.165, 1.54) is 0 Å². The van der Waals surface area contributed by atoms with E-state index in [4.69, 9.17) is 15.2 Å². The van der Waals surface area contributed by atoms with Crippen molar-refractivity contribution in [2.24, 2.45) is 11.7 Å². The van der Waals surface area contributed by atoms with Gasteiger partial charge in [0.15, 0.2) is 6.61 Å². The van der Waals surface area contributed by atoms with Gasteiger partial charge in [0, 0.05) is 12.3 Å². The summed E-state index contributed by atoms with van der Waals surface area (Å²) in [6, 6.07) is 6.74. The maximum atomic E-state index is 12.5. The van der Waals surface area contributed by atoms with Gasteiger partial charge in [0.25, 0.3) is 11.8 Å². The minimum absolute atomic E-state index is 0.178. The van der Waals surface area contributed by atoms with Gasteiger partial charge in [-0.2, -0.15) is 0 Å². The first-order valence-electron chi connectivity index (χ1n) is 7.73. The third kappa shape index (κ3) is 6.28. The Kier molecular flexibility index (Phi) is 7.03. The van der Waals surface area contributed by atoms with Gasteiger partial charge < -0.3 is 20.5 Å². The maximum Gasteiger partial charge on any atom is 0.256 e. The van der Waals surface area contributed by atoms with Crippen molar-refractivity contribution in [3.63, 3.8) is 0 Å². The molecule has 23 heavy (non-hydrogen) atoms. The fraction of sp³-hybridized carbons (Fsp3) is 0.529. The SMILES string of the molecule is CCO[C@@](C)(CC(C)C)C(=O)Nc1ccc(OCC(N)=O)cc1. The molecule has 1 rings (SSSR count). The van der Waals surface area contributed by atoms with E-state index in [0.29, 0.717) is 30.4 Å². The minimum Gasteiger partial charge on any atom is -0.484 e. The first-order valence-corrected chi connectivity index (χ1v) is 7.73. The van der Waals surface area contributed by atoms with E-state index in [1.807, 2.05) is 6.92 Å². The van der Waals surface area contributed by atoms with E-state index in [-0.39, 0.29) is 12.5 Å². The Bertz CT molecular complexity index is 528. The van der Waals surface area contributed by atoms with Gasteiger partial charge in [0.05, 0.1) is 0 Å². The van der Waals surface area contributed by atoms with Gasteiger partial charge in [0.1, 0.15) is 11.4 Å². The molecule has 1 aromatic rings. The molecule has 2 amide bonds. The second kappa shape index (κ2) is 8.53. The highest BCUT2D eigenvalue weighted by atomic mass is 16.5. The number of primary amides is 1. The van der Waals surface area contributed by atoms with Crippen molar-refractivity contribution in [3.05, 3.63) is 24.3 Å². The summed E-state index contributed by atoms with van der Waals surface area (Å²) in [5.41, 5.74) is 4.78. The molecular weight excluding hydrogens is 296 g/mol. The molecular formula is C17H26N2O4. The lowest BCUT2D eigenvalue weighted by atomic mass is 9.93. The van der Waals surface area contributed by atoms with Crippen LogP contribution >= 0.6 is 0 Å². The van der Waals surface area contributed by atoms with E-state index in [1.54, 1.807) is 31.2 Å². The highest BCUT2D eigenvalue weighted by Gasteiger charge is 2.34. The number of anilines is 1. The monoisotopic (exact) mass is 322 g/mol. The van der Waals surface area contributed by atoms with Crippen LogP contribution in [-0.4, -0.2) is 30.6 Å². The van der Waals surface area contributed by atoms with Crippen molar-refractivity contribution >= 4 is 17.5 Å². The van der Waals surface area contributed by atoms with Crippen LogP contribution in [-0.2, 0) is 14.3 Å². The summed E-state index contributed by atoms with van der Waals surface area (Å²) >= 11 is 0. The number of carbonyl (C=O) groups excluding carboxylic acids is 2. The Hall–Kier alpha value is -2.08. The lowest BCUT2D eigenvalue weighted by Crippen LogP contribution is -2.43. The van der Waals surface area contributed by atoms with E-state index in [9.17, 15) is 9.59 Å². The van der Waals surface area contributed by atoms with E-state index >= 15 is 0 Å². The van der Waals surface area contributed by atoms with Crippen molar-refractivity contribution in [2.75, 3.05) is 18.5 Å². The summed E-state index contributed by atoms with van der Waals surface area (Å²) in [6.07, 6.45) is 0.631. The minimum atomic E-state index is -0.871. The zero-order valence-electron chi connectivity index (χ0n) is 14.2. The highest BCUT2D eigenvalue weighted by molar-refractivity contribution is 5.97. The van der Waals surface area contributed by atoms with Gasteiger partial charge in [-0.25, -0.2) is 0 Å². The Morgan fingerprint density at radius 1 is 1.26 bits per heavy atom. The number of hydrogen-bond donors (Lipinski definition) is 2. The van der Waals surface area contributed by atoms with Crippen LogP contribution in [0.25, 0.3) is 0 Å². The summed E-state index contributed by atoms with van der Waals surface area (Å²) in [6.45, 7) is 8.07. The molecule has 0 unspecified atom stereocenters. The molecule has 0 saturated heterocycles. The second-order valence-corrected chi connectivity index (χ2v) is 6.00. The molecule has 128 valence electrons. The van der Waals surface area contributed by atoms with Gasteiger partial charge in [-0.3, -0.25) is 9.59 Å². The average molecular weight is 322 g/mol. The Morgan fingerprint density at radius 2 is 1.87 bits per heavy atom. The molecule has 6 heteroatoms. The molecule has 0 aromatic heterocycles. The van der Waals surface area contributed by atoms with Crippen LogP contribution in [0.15, 0.2) is 24.3 Å². The number of carbonyl (C=O) groups is 2. The summed E-state index contributed by atoms with van der Waals surface area (Å²) in [7, 11) is 0. The first kappa shape index (κ1) is 19.0. The van der Waals surface area contributed by atoms with Gasteiger partial charge >= 0.3 is 0 Å². The Labute approximate surface area is 137 Å². The zero-order valence-corrected chi connectivity index (χ0v) is 14.2. The van der Waals surface area contributed by atoms with Crippen LogP contribution in [0, 0.1) is 5.92 Å². The normalized spacial score (nSPS) is 13.4. The van der Waals surface area contributed by atoms with Gasteiger partial charge in [-0.15, -0.1) is 0 Å². The van der Waals surface area contributed by atoms with Crippen LogP contribution in [0.3, 0.4) is 0 Å². The molecule has 6 nitrogen and oxygen atoms in total. The third-order valence-corrected chi connectivity index (χ3v) is 3.23. The molecule has 0 aliphatic heterocycles. The standard InChI is InChI=1S/C17H26N2O4/c1-5-23-17(4,10-12(2)3)16(21)19-13-6-8-14(9-7-13)22-11-15(18)20/h6-9,12H,5,10-11H2,1-4H3,(H2,18,20)(H,19,21)/t17-/m0/s1. The molecule has 0 aliphatic carbocycles. The number of ether oxygens (including phenoxy) is 2. The molecule has 0 bridgehead atoms. The van der Waals surface area contributed by atoms with Crippen LogP contribution in [0.1, 0.15) is 34.1 Å². The topological polar surface area (TPSA) is 90.7 Å². The fourth-order valence-electron chi connectivity index (χ4n) is 2.37. The zero-order chi connectivity index (χ0) is 17.5. The van der Waals surface area contributed by atoms with Crippen LogP contribution < -0.4 is 15.8 Å². The van der Waals surface area contributed by atoms with Crippen molar-refractivity contribution in [2.45, 2.75) is 39.7 Å². The molecule has 0 radical (unpaired) electrons. The number of hydrogen-bond acceptors (Lipinski definition) is 4. The smallest absolute Gasteiger partial charge is 0.256 e. The third-order valence-electron chi connectivity index (χ3n) is 3.23. The van der Waals surface area contributed by atoms with Gasteiger partial charge in [-0.1, -0.05) is 13.8 Å². The quantitative estimate of drug-likeness (QED) is 0.730. The lowest BCUT2D eigenvalue weighted by Gasteiger charge is -2.29. The second-order valence-electron chi connectivity index (χ2n) is 6.00. The summed E-state index contributed by atoms with van der Waals surface area (Å²) in [5, 5.41) is 2.85. The van der Waals surface area contributed by atoms with Crippen LogP contribution in [0.4, 0.5) is 5.69 Å². The predicted octanol–water partition coefficient (Wildman–Crippen LogP) is 2.33. The summed E-state index contributed by atoms with van der Waals surface area (Å²) < 4.78 is 10.8. The van der Waals surface area contributed by atoms with Crippen LogP contribution in [0.5, 0.6) is 5.75 Å². The number of amides is 2. The maximum absolute atomic E-state index is 12.5. The molecule has 0 spiro atoms. The number of nitrogens with one attached hydrogen (secondary N) is 1. The lowest BCUT2D eigenvalue weighted by molar-refractivity contribution is -0.140. The van der Waals surface area contributed by atoms with Gasteiger partial charge in [-0.05, 0) is 50.5 Å². The molecule has 1 aromatic carbocycles. The fourth-order valence-corrected chi connectivity index (χ4v) is 2.37. The molecule has 0 fully saturated rings. The Balaban J connectivity index is 2.72. The molecule has 1 atom stereocenters. The average Bonchev–Trinajstić information content (AvgIpc) is 2.45. The largest absolute Gasteiger partial charge is 0.484 e. The summed E-state index contributed by atoms with van der Waals surface area (Å²) in [4.78, 5) is 23.2. The number of benzene rings is 1. The van der Waals surface area contributed by atoms with Crippen molar-refractivity contribution in [3.8, 4) is 5.75 Å². The van der Waals surface area contributed by atoms with Crippen LogP contribution in [0.2, 0.25) is 0 Å². The van der Waals surface area contributed by atoms with E-state index < -0.39 is 11.5 Å². The van der Waals surface area contributed by atoms with Crippen molar-refractivity contribution in [1.29, 1.82) is 0 Å². The van der Waals surface area contributed by atoms with E-state index in [0.717, 1.165) is 0 Å². The number of rotatable bonds is 9. The van der Waals surface area contributed by atoms with E-state index in [2.05, 4.69) is 19.2 Å².